The van der Waals surface area contributed by atoms with Gasteiger partial charge in [0.1, 0.15) is 11.9 Å². The van der Waals surface area contributed by atoms with Crippen LogP contribution in [-0.2, 0) is 9.59 Å². The molecule has 1 aliphatic heterocycles. The molecule has 0 spiro atoms. The Morgan fingerprint density at radius 1 is 1.14 bits per heavy atom. The van der Waals surface area contributed by atoms with E-state index >= 15 is 0 Å². The Morgan fingerprint density at radius 3 is 2.50 bits per heavy atom. The highest BCUT2D eigenvalue weighted by atomic mass is 19.1. The lowest BCUT2D eigenvalue weighted by Gasteiger charge is -2.13. The van der Waals surface area contributed by atoms with Crippen LogP contribution in [0.5, 0.6) is 0 Å². The summed E-state index contributed by atoms with van der Waals surface area (Å²) in [5.74, 6) is -0.766. The fourth-order valence-corrected chi connectivity index (χ4v) is 2.40. The standard InChI is InChI=1S/C16H14FN3O2/c1-9(21)18-11-3-5-12(6-4-11)19-15-13-7-2-10(17)8-14(13)20-16(15)22/h2-8,15,19H,1H3,(H,18,21)(H,20,22). The summed E-state index contributed by atoms with van der Waals surface area (Å²) >= 11 is 0. The van der Waals surface area contributed by atoms with Gasteiger partial charge >= 0.3 is 0 Å². The Balaban J connectivity index is 1.79. The number of hydrogen-bond acceptors (Lipinski definition) is 3. The summed E-state index contributed by atoms with van der Waals surface area (Å²) < 4.78 is 13.2. The number of halogens is 1. The van der Waals surface area contributed by atoms with Crippen molar-refractivity contribution in [3.63, 3.8) is 0 Å². The van der Waals surface area contributed by atoms with Crippen molar-refractivity contribution in [2.75, 3.05) is 16.0 Å². The smallest absolute Gasteiger partial charge is 0.251 e. The van der Waals surface area contributed by atoms with Crippen LogP contribution in [0, 0.1) is 5.82 Å². The molecule has 3 rings (SSSR count). The average molecular weight is 299 g/mol. The Morgan fingerprint density at radius 2 is 1.82 bits per heavy atom. The van der Waals surface area contributed by atoms with Gasteiger partial charge in [0.05, 0.1) is 0 Å². The van der Waals surface area contributed by atoms with Crippen molar-refractivity contribution < 1.29 is 14.0 Å². The van der Waals surface area contributed by atoms with Crippen LogP contribution < -0.4 is 16.0 Å². The number of carbonyl (C=O) groups excluding carboxylic acids is 2. The molecular weight excluding hydrogens is 285 g/mol. The number of nitrogens with one attached hydrogen (secondary N) is 3. The Hall–Kier alpha value is -2.89. The first kappa shape index (κ1) is 14.1. The summed E-state index contributed by atoms with van der Waals surface area (Å²) in [7, 11) is 0. The van der Waals surface area contributed by atoms with Gasteiger partial charge in [0, 0.05) is 29.5 Å². The van der Waals surface area contributed by atoms with Crippen LogP contribution in [0.3, 0.4) is 0 Å². The Kier molecular flexibility index (Phi) is 3.50. The maximum Gasteiger partial charge on any atom is 0.251 e. The molecule has 3 N–H and O–H groups in total. The molecule has 0 radical (unpaired) electrons. The highest BCUT2D eigenvalue weighted by Crippen LogP contribution is 2.33. The van der Waals surface area contributed by atoms with Gasteiger partial charge in [0.25, 0.3) is 5.91 Å². The summed E-state index contributed by atoms with van der Waals surface area (Å²) in [4.78, 5) is 23.0. The highest BCUT2D eigenvalue weighted by Gasteiger charge is 2.30. The lowest BCUT2D eigenvalue weighted by atomic mass is 10.1. The van der Waals surface area contributed by atoms with Crippen molar-refractivity contribution in [2.24, 2.45) is 0 Å². The normalized spacial score (nSPS) is 15.9. The average Bonchev–Trinajstić information content (AvgIpc) is 2.75. The summed E-state index contributed by atoms with van der Waals surface area (Å²) in [6.07, 6.45) is 0. The molecule has 0 fully saturated rings. The predicted octanol–water partition coefficient (Wildman–Crippen LogP) is 2.89. The molecule has 0 aliphatic carbocycles. The summed E-state index contributed by atoms with van der Waals surface area (Å²) in [5.41, 5.74) is 2.59. The van der Waals surface area contributed by atoms with E-state index in [1.165, 1.54) is 19.1 Å². The number of benzene rings is 2. The minimum absolute atomic E-state index is 0.146. The number of anilines is 3. The molecule has 22 heavy (non-hydrogen) atoms. The first-order chi connectivity index (χ1) is 10.5. The number of hydrogen-bond donors (Lipinski definition) is 3. The van der Waals surface area contributed by atoms with E-state index in [4.69, 9.17) is 0 Å². The zero-order chi connectivity index (χ0) is 15.7. The van der Waals surface area contributed by atoms with E-state index in [9.17, 15) is 14.0 Å². The van der Waals surface area contributed by atoms with Crippen molar-refractivity contribution in [1.29, 1.82) is 0 Å². The van der Waals surface area contributed by atoms with Crippen LogP contribution in [0.4, 0.5) is 21.5 Å². The quantitative estimate of drug-likeness (QED) is 0.816. The lowest BCUT2D eigenvalue weighted by Crippen LogP contribution is -2.19. The zero-order valence-corrected chi connectivity index (χ0v) is 11.8. The van der Waals surface area contributed by atoms with Gasteiger partial charge in [-0.3, -0.25) is 9.59 Å². The minimum Gasteiger partial charge on any atom is -0.370 e. The van der Waals surface area contributed by atoms with Gasteiger partial charge in [-0.15, -0.1) is 0 Å². The SMILES string of the molecule is CC(=O)Nc1ccc(NC2C(=O)Nc3cc(F)ccc32)cc1. The molecule has 0 saturated heterocycles. The monoisotopic (exact) mass is 299 g/mol. The van der Waals surface area contributed by atoms with E-state index in [1.54, 1.807) is 30.3 Å². The largest absolute Gasteiger partial charge is 0.370 e. The first-order valence-corrected chi connectivity index (χ1v) is 6.77. The van der Waals surface area contributed by atoms with Crippen LogP contribution in [0.15, 0.2) is 42.5 Å². The third-order valence-electron chi connectivity index (χ3n) is 3.36. The summed E-state index contributed by atoms with van der Waals surface area (Å²) in [6.45, 7) is 1.44. The van der Waals surface area contributed by atoms with Crippen LogP contribution in [-0.4, -0.2) is 11.8 Å². The Labute approximate surface area is 126 Å². The molecule has 0 aromatic heterocycles. The molecule has 6 heteroatoms. The maximum absolute atomic E-state index is 13.2. The van der Waals surface area contributed by atoms with Crippen molar-refractivity contribution >= 4 is 28.9 Å². The van der Waals surface area contributed by atoms with E-state index < -0.39 is 6.04 Å². The third kappa shape index (κ3) is 2.76. The lowest BCUT2D eigenvalue weighted by molar-refractivity contribution is -0.116. The highest BCUT2D eigenvalue weighted by molar-refractivity contribution is 6.04. The zero-order valence-electron chi connectivity index (χ0n) is 11.8. The molecule has 112 valence electrons. The molecular formula is C16H14FN3O2. The second-order valence-corrected chi connectivity index (χ2v) is 5.06. The second-order valence-electron chi connectivity index (χ2n) is 5.06. The van der Waals surface area contributed by atoms with Crippen molar-refractivity contribution in [3.05, 3.63) is 53.8 Å². The van der Waals surface area contributed by atoms with Crippen LogP contribution in [0.25, 0.3) is 0 Å². The number of fused-ring (bicyclic) bond motifs is 1. The van der Waals surface area contributed by atoms with Gasteiger partial charge in [0.15, 0.2) is 0 Å². The van der Waals surface area contributed by atoms with Gasteiger partial charge in [-0.1, -0.05) is 6.07 Å². The van der Waals surface area contributed by atoms with E-state index in [2.05, 4.69) is 16.0 Å². The van der Waals surface area contributed by atoms with Crippen LogP contribution >= 0.6 is 0 Å². The van der Waals surface area contributed by atoms with Crippen molar-refractivity contribution in [3.8, 4) is 0 Å². The van der Waals surface area contributed by atoms with Gasteiger partial charge in [-0.05, 0) is 36.4 Å². The van der Waals surface area contributed by atoms with Gasteiger partial charge in [-0.2, -0.15) is 0 Å². The van der Waals surface area contributed by atoms with Crippen molar-refractivity contribution in [2.45, 2.75) is 13.0 Å². The number of amides is 2. The molecule has 2 aromatic carbocycles. The van der Waals surface area contributed by atoms with Crippen molar-refractivity contribution in [1.82, 2.24) is 0 Å². The molecule has 1 unspecified atom stereocenters. The number of carbonyl (C=O) groups is 2. The Bertz CT molecular complexity index is 744. The van der Waals surface area contributed by atoms with Gasteiger partial charge in [-0.25, -0.2) is 4.39 Å². The van der Waals surface area contributed by atoms with Gasteiger partial charge in [0.2, 0.25) is 5.91 Å². The molecule has 1 aliphatic rings. The second kappa shape index (κ2) is 5.48. The molecule has 0 saturated carbocycles. The first-order valence-electron chi connectivity index (χ1n) is 6.77. The van der Waals surface area contributed by atoms with Gasteiger partial charge < -0.3 is 16.0 Å². The third-order valence-corrected chi connectivity index (χ3v) is 3.36. The van der Waals surface area contributed by atoms with E-state index in [1.807, 2.05) is 0 Å². The van der Waals surface area contributed by atoms with E-state index in [0.717, 1.165) is 5.69 Å². The van der Waals surface area contributed by atoms with E-state index in [0.29, 0.717) is 16.9 Å². The van der Waals surface area contributed by atoms with Crippen LogP contribution in [0.1, 0.15) is 18.5 Å². The summed E-state index contributed by atoms with van der Waals surface area (Å²) in [6, 6.07) is 10.7. The molecule has 2 amide bonds. The fourth-order valence-electron chi connectivity index (χ4n) is 2.40. The number of rotatable bonds is 3. The molecule has 2 aromatic rings. The predicted molar refractivity (Wildman–Crippen MR) is 82.1 cm³/mol. The van der Waals surface area contributed by atoms with E-state index in [-0.39, 0.29) is 17.6 Å². The fraction of sp³-hybridized carbons (Fsp3) is 0.125. The summed E-state index contributed by atoms with van der Waals surface area (Å²) in [5, 5.41) is 8.42. The molecule has 5 nitrogen and oxygen atoms in total. The minimum atomic E-state index is -0.567. The topological polar surface area (TPSA) is 70.2 Å². The molecule has 0 bridgehead atoms. The van der Waals surface area contributed by atoms with Crippen LogP contribution in [0.2, 0.25) is 0 Å². The maximum atomic E-state index is 13.2. The molecule has 1 heterocycles. The molecule has 1 atom stereocenters.